The van der Waals surface area contributed by atoms with Crippen molar-refractivity contribution in [3.63, 3.8) is 0 Å². The maximum Gasteiger partial charge on any atom is 0.234 e. The van der Waals surface area contributed by atoms with Gasteiger partial charge in [-0.3, -0.25) is 4.79 Å². The van der Waals surface area contributed by atoms with E-state index < -0.39 is 0 Å². The topological polar surface area (TPSA) is 41.1 Å². The fourth-order valence-corrected chi connectivity index (χ4v) is 2.78. The van der Waals surface area contributed by atoms with Gasteiger partial charge in [0.1, 0.15) is 0 Å². The zero-order valence-electron chi connectivity index (χ0n) is 12.3. The predicted molar refractivity (Wildman–Crippen MR) is 76.6 cm³/mol. The molecule has 0 aromatic carbocycles. The maximum atomic E-state index is 11.8. The quantitative estimate of drug-likeness (QED) is 0.733. The highest BCUT2D eigenvalue weighted by Crippen LogP contribution is 2.26. The lowest BCUT2D eigenvalue weighted by atomic mass is 9.84. The fourth-order valence-electron chi connectivity index (χ4n) is 2.78. The van der Waals surface area contributed by atoms with E-state index in [1.807, 2.05) is 0 Å². The molecule has 0 heterocycles. The molecule has 0 saturated heterocycles. The summed E-state index contributed by atoms with van der Waals surface area (Å²) in [6.45, 7) is 7.00. The summed E-state index contributed by atoms with van der Waals surface area (Å²) in [5.41, 5.74) is 0. The van der Waals surface area contributed by atoms with Crippen molar-refractivity contribution in [3.05, 3.63) is 0 Å². The summed E-state index contributed by atoms with van der Waals surface area (Å²) in [7, 11) is 0. The Hall–Kier alpha value is -0.570. The van der Waals surface area contributed by atoms with Gasteiger partial charge in [-0.15, -0.1) is 0 Å². The maximum absolute atomic E-state index is 11.8. The highest BCUT2D eigenvalue weighted by molar-refractivity contribution is 5.78. The van der Waals surface area contributed by atoms with E-state index >= 15 is 0 Å². The molecule has 0 atom stereocenters. The lowest BCUT2D eigenvalue weighted by Gasteiger charge is -2.28. The highest BCUT2D eigenvalue weighted by atomic mass is 16.1. The van der Waals surface area contributed by atoms with Crippen LogP contribution in [0.5, 0.6) is 0 Å². The van der Waals surface area contributed by atoms with E-state index in [1.165, 1.54) is 32.1 Å². The number of rotatable bonds is 7. The Balaban J connectivity index is 2.15. The smallest absolute Gasteiger partial charge is 0.234 e. The normalized spacial score (nSPS) is 24.2. The van der Waals surface area contributed by atoms with Crippen LogP contribution in [0.1, 0.15) is 65.7 Å². The van der Waals surface area contributed by atoms with Gasteiger partial charge >= 0.3 is 0 Å². The Morgan fingerprint density at radius 2 is 1.72 bits per heavy atom. The van der Waals surface area contributed by atoms with E-state index in [9.17, 15) is 4.79 Å². The minimum Gasteiger partial charge on any atom is -0.352 e. The summed E-state index contributed by atoms with van der Waals surface area (Å²) < 4.78 is 0. The number of carbonyl (C=O) groups excluding carboxylic acids is 1. The van der Waals surface area contributed by atoms with Gasteiger partial charge in [-0.1, -0.05) is 27.2 Å². The van der Waals surface area contributed by atoms with E-state index in [4.69, 9.17) is 0 Å². The number of hydrogen-bond donors (Lipinski definition) is 2. The summed E-state index contributed by atoms with van der Waals surface area (Å²) in [4.78, 5) is 11.8. The number of carbonyl (C=O) groups is 1. The predicted octanol–water partition coefficient (Wildman–Crippen LogP) is 2.85. The van der Waals surface area contributed by atoms with E-state index in [-0.39, 0.29) is 5.91 Å². The van der Waals surface area contributed by atoms with Crippen molar-refractivity contribution >= 4 is 5.91 Å². The molecule has 18 heavy (non-hydrogen) atoms. The molecule has 1 rings (SSSR count). The summed E-state index contributed by atoms with van der Waals surface area (Å²) >= 11 is 0. The van der Waals surface area contributed by atoms with Crippen molar-refractivity contribution in [1.82, 2.24) is 10.6 Å². The third-order valence-corrected chi connectivity index (χ3v) is 4.33. The van der Waals surface area contributed by atoms with Crippen LogP contribution in [-0.4, -0.2) is 24.5 Å². The molecule has 0 aliphatic heterocycles. The molecule has 1 saturated carbocycles. The average molecular weight is 254 g/mol. The lowest BCUT2D eigenvalue weighted by Crippen LogP contribution is -2.43. The molecule has 0 unspecified atom stereocenters. The van der Waals surface area contributed by atoms with Crippen LogP contribution in [0.4, 0.5) is 0 Å². The van der Waals surface area contributed by atoms with Gasteiger partial charge in [0.2, 0.25) is 5.91 Å². The van der Waals surface area contributed by atoms with Gasteiger partial charge in [0.05, 0.1) is 6.54 Å². The molecule has 1 fully saturated rings. The molecule has 3 nitrogen and oxygen atoms in total. The van der Waals surface area contributed by atoms with Crippen LogP contribution in [0, 0.1) is 5.92 Å². The van der Waals surface area contributed by atoms with E-state index in [1.54, 1.807) is 0 Å². The molecular formula is C15H30N2O. The van der Waals surface area contributed by atoms with Crippen LogP contribution in [0.2, 0.25) is 0 Å². The first-order valence-electron chi connectivity index (χ1n) is 7.72. The Kier molecular flexibility index (Phi) is 7.33. The second-order valence-corrected chi connectivity index (χ2v) is 5.59. The first-order valence-corrected chi connectivity index (χ1v) is 7.72. The molecule has 0 spiro atoms. The van der Waals surface area contributed by atoms with Crippen molar-refractivity contribution in [2.24, 2.45) is 5.92 Å². The van der Waals surface area contributed by atoms with Gasteiger partial charge < -0.3 is 10.6 Å². The SMILES string of the molecule is CCC1CCC(NCC(=O)NC(CC)CC)CC1. The number of nitrogens with one attached hydrogen (secondary N) is 2. The minimum atomic E-state index is 0.154. The highest BCUT2D eigenvalue weighted by Gasteiger charge is 2.20. The zero-order chi connectivity index (χ0) is 13.4. The van der Waals surface area contributed by atoms with Crippen molar-refractivity contribution in [3.8, 4) is 0 Å². The van der Waals surface area contributed by atoms with Crippen LogP contribution >= 0.6 is 0 Å². The molecular weight excluding hydrogens is 224 g/mol. The fraction of sp³-hybridized carbons (Fsp3) is 0.933. The standard InChI is InChI=1S/C15H30N2O/c1-4-12-7-9-14(10-8-12)16-11-15(18)17-13(5-2)6-3/h12-14,16H,4-11H2,1-3H3,(H,17,18). The van der Waals surface area contributed by atoms with Crippen LogP contribution < -0.4 is 10.6 Å². The molecule has 1 amide bonds. The molecule has 0 aromatic heterocycles. The van der Waals surface area contributed by atoms with Gasteiger partial charge in [-0.25, -0.2) is 0 Å². The van der Waals surface area contributed by atoms with Crippen molar-refractivity contribution in [2.45, 2.75) is 77.8 Å². The van der Waals surface area contributed by atoms with Crippen LogP contribution in [0.15, 0.2) is 0 Å². The molecule has 0 bridgehead atoms. The lowest BCUT2D eigenvalue weighted by molar-refractivity contribution is -0.121. The second-order valence-electron chi connectivity index (χ2n) is 5.59. The Morgan fingerprint density at radius 3 is 2.22 bits per heavy atom. The first kappa shape index (κ1) is 15.5. The van der Waals surface area contributed by atoms with Gasteiger partial charge in [-0.05, 0) is 44.4 Å². The van der Waals surface area contributed by atoms with Gasteiger partial charge in [0, 0.05) is 12.1 Å². The minimum absolute atomic E-state index is 0.154. The number of hydrogen-bond acceptors (Lipinski definition) is 2. The Labute approximate surface area is 112 Å². The van der Waals surface area contributed by atoms with E-state index in [2.05, 4.69) is 31.4 Å². The molecule has 1 aliphatic rings. The van der Waals surface area contributed by atoms with Crippen LogP contribution in [0.3, 0.4) is 0 Å². The van der Waals surface area contributed by atoms with Crippen molar-refractivity contribution in [1.29, 1.82) is 0 Å². The number of amides is 1. The molecule has 0 aromatic rings. The summed E-state index contributed by atoms with van der Waals surface area (Å²) in [6, 6.07) is 0.899. The van der Waals surface area contributed by atoms with Crippen molar-refractivity contribution in [2.75, 3.05) is 6.54 Å². The largest absolute Gasteiger partial charge is 0.352 e. The monoisotopic (exact) mass is 254 g/mol. The Morgan fingerprint density at radius 1 is 1.11 bits per heavy atom. The second kappa shape index (κ2) is 8.52. The van der Waals surface area contributed by atoms with E-state index in [0.717, 1.165) is 18.8 Å². The van der Waals surface area contributed by atoms with Gasteiger partial charge in [-0.2, -0.15) is 0 Å². The Bertz CT molecular complexity index is 231. The van der Waals surface area contributed by atoms with Gasteiger partial charge in [0.25, 0.3) is 0 Å². The summed E-state index contributed by atoms with van der Waals surface area (Å²) in [6.07, 6.45) is 8.45. The summed E-state index contributed by atoms with van der Waals surface area (Å²) in [5.74, 6) is 1.07. The van der Waals surface area contributed by atoms with Gasteiger partial charge in [0.15, 0.2) is 0 Å². The average Bonchev–Trinajstić information content (AvgIpc) is 2.43. The third-order valence-electron chi connectivity index (χ3n) is 4.33. The molecule has 1 aliphatic carbocycles. The molecule has 106 valence electrons. The van der Waals surface area contributed by atoms with Crippen LogP contribution in [0.25, 0.3) is 0 Å². The van der Waals surface area contributed by atoms with Crippen LogP contribution in [-0.2, 0) is 4.79 Å². The van der Waals surface area contributed by atoms with E-state index in [0.29, 0.717) is 18.6 Å². The zero-order valence-corrected chi connectivity index (χ0v) is 12.3. The third kappa shape index (κ3) is 5.38. The molecule has 3 heteroatoms. The summed E-state index contributed by atoms with van der Waals surface area (Å²) in [5, 5.41) is 6.48. The molecule has 2 N–H and O–H groups in total. The molecule has 0 radical (unpaired) electrons. The van der Waals surface area contributed by atoms with Crippen molar-refractivity contribution < 1.29 is 4.79 Å². The first-order chi connectivity index (χ1) is 8.69.